The molecule has 3 rings (SSSR count). The van der Waals surface area contributed by atoms with Crippen molar-refractivity contribution in [2.45, 2.75) is 13.0 Å². The Morgan fingerprint density at radius 1 is 1.14 bits per heavy atom. The molecule has 1 heterocycles. The van der Waals surface area contributed by atoms with Crippen molar-refractivity contribution in [1.82, 2.24) is 9.97 Å². The summed E-state index contributed by atoms with van der Waals surface area (Å²) in [5.41, 5.74) is 5.30. The van der Waals surface area contributed by atoms with E-state index in [-0.39, 0.29) is 0 Å². The van der Waals surface area contributed by atoms with Gasteiger partial charge in [-0.05, 0) is 30.7 Å². The number of aromatic amines is 1. The van der Waals surface area contributed by atoms with E-state index in [4.69, 9.17) is 0 Å². The number of rotatable bonds is 3. The number of benzene rings is 2. The highest BCUT2D eigenvalue weighted by molar-refractivity contribution is 5.86. The van der Waals surface area contributed by atoms with Crippen LogP contribution >= 0.6 is 0 Å². The number of imidazole rings is 1. The summed E-state index contributed by atoms with van der Waals surface area (Å²) < 4.78 is 0. The van der Waals surface area contributed by atoms with Crippen LogP contribution < -0.4 is 4.90 Å². The number of aliphatic hydroxyl groups excluding tert-OH is 1. The van der Waals surface area contributed by atoms with Gasteiger partial charge in [0, 0.05) is 25.3 Å². The Labute approximate surface area is 124 Å². The van der Waals surface area contributed by atoms with Crippen LogP contribution in [0.15, 0.2) is 42.5 Å². The van der Waals surface area contributed by atoms with Gasteiger partial charge in [-0.1, -0.05) is 24.3 Å². The first kappa shape index (κ1) is 13.6. The molecule has 0 fully saturated rings. The molecule has 0 bridgehead atoms. The monoisotopic (exact) mass is 281 g/mol. The third-order valence-corrected chi connectivity index (χ3v) is 3.59. The molecule has 2 aromatic carbocycles. The van der Waals surface area contributed by atoms with Gasteiger partial charge >= 0.3 is 0 Å². The molecule has 0 spiro atoms. The number of hydrogen-bond donors (Lipinski definition) is 2. The molecule has 0 aliphatic carbocycles. The number of H-pyrrole nitrogens is 1. The van der Waals surface area contributed by atoms with Gasteiger partial charge < -0.3 is 15.0 Å². The Bertz CT molecular complexity index is 775. The van der Waals surface area contributed by atoms with Crippen LogP contribution in [-0.2, 0) is 0 Å². The number of nitrogens with one attached hydrogen (secondary N) is 1. The van der Waals surface area contributed by atoms with Crippen molar-refractivity contribution in [2.75, 3.05) is 19.0 Å². The van der Waals surface area contributed by atoms with Crippen molar-refractivity contribution in [3.05, 3.63) is 48.3 Å². The zero-order chi connectivity index (χ0) is 15.0. The molecule has 0 saturated heterocycles. The van der Waals surface area contributed by atoms with Crippen LogP contribution in [0.1, 0.15) is 18.9 Å². The summed E-state index contributed by atoms with van der Waals surface area (Å²) in [6, 6.07) is 14.4. The van der Waals surface area contributed by atoms with Crippen LogP contribution in [0.4, 0.5) is 5.69 Å². The number of anilines is 1. The van der Waals surface area contributed by atoms with Gasteiger partial charge in [-0.3, -0.25) is 0 Å². The van der Waals surface area contributed by atoms with Crippen molar-refractivity contribution >= 4 is 16.7 Å². The summed E-state index contributed by atoms with van der Waals surface area (Å²) in [6.07, 6.45) is -0.588. The van der Waals surface area contributed by atoms with Crippen molar-refractivity contribution < 1.29 is 5.11 Å². The molecule has 1 unspecified atom stereocenters. The molecule has 0 aliphatic heterocycles. The van der Waals surface area contributed by atoms with Gasteiger partial charge in [-0.2, -0.15) is 0 Å². The number of nitrogens with zero attached hydrogens (tertiary/aromatic N) is 2. The quantitative estimate of drug-likeness (QED) is 0.774. The second-order valence-corrected chi connectivity index (χ2v) is 5.44. The van der Waals surface area contributed by atoms with E-state index in [1.165, 1.54) is 11.3 Å². The molecule has 0 aliphatic rings. The maximum Gasteiger partial charge on any atom is 0.135 e. The molecule has 1 atom stereocenters. The molecule has 21 heavy (non-hydrogen) atoms. The Hall–Kier alpha value is -2.33. The van der Waals surface area contributed by atoms with Gasteiger partial charge in [-0.25, -0.2) is 4.98 Å². The zero-order valence-electron chi connectivity index (χ0n) is 12.5. The predicted molar refractivity (Wildman–Crippen MR) is 86.5 cm³/mol. The van der Waals surface area contributed by atoms with Gasteiger partial charge in [0.1, 0.15) is 11.9 Å². The third kappa shape index (κ3) is 2.50. The van der Waals surface area contributed by atoms with Crippen LogP contribution in [0.3, 0.4) is 0 Å². The van der Waals surface area contributed by atoms with Crippen molar-refractivity contribution in [3.8, 4) is 11.1 Å². The van der Waals surface area contributed by atoms with Crippen LogP contribution in [0, 0.1) is 0 Å². The second kappa shape index (κ2) is 5.22. The molecule has 108 valence electrons. The third-order valence-electron chi connectivity index (χ3n) is 3.59. The van der Waals surface area contributed by atoms with E-state index in [0.717, 1.165) is 16.6 Å². The van der Waals surface area contributed by atoms with Gasteiger partial charge in [0.15, 0.2) is 0 Å². The molecule has 4 nitrogen and oxygen atoms in total. The van der Waals surface area contributed by atoms with E-state index in [9.17, 15) is 5.11 Å². The Morgan fingerprint density at radius 2 is 1.90 bits per heavy atom. The lowest BCUT2D eigenvalue weighted by Crippen LogP contribution is -2.09. The molecule has 2 N–H and O–H groups in total. The smallest absolute Gasteiger partial charge is 0.135 e. The Morgan fingerprint density at radius 3 is 2.62 bits per heavy atom. The minimum atomic E-state index is -0.588. The molecule has 0 radical (unpaired) electrons. The normalized spacial score (nSPS) is 12.6. The zero-order valence-corrected chi connectivity index (χ0v) is 12.5. The number of aromatic nitrogens is 2. The number of para-hydroxylation sites is 1. The van der Waals surface area contributed by atoms with E-state index in [1.54, 1.807) is 6.92 Å². The van der Waals surface area contributed by atoms with Crippen LogP contribution in [0.5, 0.6) is 0 Å². The number of fused-ring (bicyclic) bond motifs is 1. The maximum absolute atomic E-state index is 9.63. The first-order chi connectivity index (χ1) is 10.1. The highest BCUT2D eigenvalue weighted by Crippen LogP contribution is 2.31. The highest BCUT2D eigenvalue weighted by atomic mass is 16.3. The van der Waals surface area contributed by atoms with Gasteiger partial charge in [0.2, 0.25) is 0 Å². The highest BCUT2D eigenvalue weighted by Gasteiger charge is 2.10. The molecular formula is C17H19N3O. The van der Waals surface area contributed by atoms with E-state index >= 15 is 0 Å². The average molecular weight is 281 g/mol. The van der Waals surface area contributed by atoms with Crippen molar-refractivity contribution in [1.29, 1.82) is 0 Å². The van der Waals surface area contributed by atoms with E-state index in [1.807, 2.05) is 32.3 Å². The standard InChI is InChI=1S/C17H19N3O/c1-11(21)17-18-14-9-8-12(10-15(14)19-17)13-6-4-5-7-16(13)20(2)3/h4-11,21H,1-3H3,(H,18,19). The van der Waals surface area contributed by atoms with E-state index in [2.05, 4.69) is 39.1 Å². The van der Waals surface area contributed by atoms with Crippen molar-refractivity contribution in [3.63, 3.8) is 0 Å². The summed E-state index contributed by atoms with van der Waals surface area (Å²) in [4.78, 5) is 9.67. The molecule has 4 heteroatoms. The number of aliphatic hydroxyl groups is 1. The summed E-state index contributed by atoms with van der Waals surface area (Å²) in [7, 11) is 4.08. The first-order valence-corrected chi connectivity index (χ1v) is 7.00. The fourth-order valence-electron chi connectivity index (χ4n) is 2.50. The molecule has 3 aromatic rings. The summed E-state index contributed by atoms with van der Waals surface area (Å²) >= 11 is 0. The summed E-state index contributed by atoms with van der Waals surface area (Å²) in [6.45, 7) is 1.71. The SMILES string of the molecule is CC(O)c1nc2ccc(-c3ccccc3N(C)C)cc2[nH]1. The topological polar surface area (TPSA) is 52.2 Å². The summed E-state index contributed by atoms with van der Waals surface area (Å²) in [5, 5.41) is 9.63. The first-order valence-electron chi connectivity index (χ1n) is 7.00. The average Bonchev–Trinajstić information content (AvgIpc) is 2.90. The van der Waals surface area contributed by atoms with Gasteiger partial charge in [0.25, 0.3) is 0 Å². The fourth-order valence-corrected chi connectivity index (χ4v) is 2.50. The summed E-state index contributed by atoms with van der Waals surface area (Å²) in [5.74, 6) is 0.600. The fraction of sp³-hybridized carbons (Fsp3) is 0.235. The van der Waals surface area contributed by atoms with Crippen LogP contribution in [0.25, 0.3) is 22.2 Å². The van der Waals surface area contributed by atoms with Crippen LogP contribution in [-0.4, -0.2) is 29.2 Å². The molecule has 0 amide bonds. The van der Waals surface area contributed by atoms with E-state index in [0.29, 0.717) is 5.82 Å². The molecular weight excluding hydrogens is 262 g/mol. The maximum atomic E-state index is 9.63. The lowest BCUT2D eigenvalue weighted by molar-refractivity contribution is 0.190. The largest absolute Gasteiger partial charge is 0.385 e. The van der Waals surface area contributed by atoms with Crippen LogP contribution in [0.2, 0.25) is 0 Å². The minimum absolute atomic E-state index is 0.588. The second-order valence-electron chi connectivity index (χ2n) is 5.44. The van der Waals surface area contributed by atoms with Gasteiger partial charge in [-0.15, -0.1) is 0 Å². The Kier molecular flexibility index (Phi) is 3.39. The molecule has 1 aromatic heterocycles. The van der Waals surface area contributed by atoms with Crippen molar-refractivity contribution in [2.24, 2.45) is 0 Å². The molecule has 0 saturated carbocycles. The number of hydrogen-bond acceptors (Lipinski definition) is 3. The minimum Gasteiger partial charge on any atom is -0.385 e. The Balaban J connectivity index is 2.13. The lowest BCUT2D eigenvalue weighted by Gasteiger charge is -2.17. The van der Waals surface area contributed by atoms with E-state index < -0.39 is 6.10 Å². The van der Waals surface area contributed by atoms with Gasteiger partial charge in [0.05, 0.1) is 11.0 Å². The predicted octanol–water partition coefficient (Wildman–Crippen LogP) is 3.35. The lowest BCUT2D eigenvalue weighted by atomic mass is 10.0.